The maximum atomic E-state index is 11.7. The normalized spacial score (nSPS) is 13.5. The van der Waals surface area contributed by atoms with Crippen LogP contribution in [-0.2, 0) is 24.2 Å². The first kappa shape index (κ1) is 13.1. The summed E-state index contributed by atoms with van der Waals surface area (Å²) in [6.07, 6.45) is 3.36. The van der Waals surface area contributed by atoms with Crippen LogP contribution in [0.2, 0.25) is 0 Å². The van der Waals surface area contributed by atoms with Crippen molar-refractivity contribution in [2.24, 2.45) is 0 Å². The van der Waals surface area contributed by atoms with Crippen LogP contribution in [0.3, 0.4) is 0 Å². The monoisotopic (exact) mass is 293 g/mol. The van der Waals surface area contributed by atoms with Gasteiger partial charge in [0, 0.05) is 19.0 Å². The Morgan fingerprint density at radius 1 is 1.50 bits per heavy atom. The number of likely N-dealkylation sites (N-methyl/N-ethyl adjacent to an activating group) is 1. The maximum Gasteiger partial charge on any atom is 0.437 e. The highest BCUT2D eigenvalue weighted by molar-refractivity contribution is 7.15. The lowest BCUT2D eigenvalue weighted by atomic mass is 10.2. The summed E-state index contributed by atoms with van der Waals surface area (Å²) in [6.45, 7) is -0.0968. The molecule has 0 atom stereocenters. The van der Waals surface area contributed by atoms with Crippen molar-refractivity contribution >= 4 is 17.2 Å². The topological polar surface area (TPSA) is 68.3 Å². The Morgan fingerprint density at radius 2 is 2.30 bits per heavy atom. The molecule has 3 rings (SSSR count). The highest BCUT2D eigenvalue weighted by atomic mass is 32.1. The predicted octanol–water partition coefficient (Wildman–Crippen LogP) is 1.14. The summed E-state index contributed by atoms with van der Waals surface area (Å²) < 4.78 is 6.23. The summed E-state index contributed by atoms with van der Waals surface area (Å²) in [5.74, 6) is -0.481. The van der Waals surface area contributed by atoms with Gasteiger partial charge in [-0.05, 0) is 30.9 Å². The maximum absolute atomic E-state index is 11.7. The smallest absolute Gasteiger partial charge is 0.387 e. The van der Waals surface area contributed by atoms with Crippen molar-refractivity contribution in [2.45, 2.75) is 25.8 Å². The lowest BCUT2D eigenvalue weighted by molar-refractivity contribution is -0.129. The van der Waals surface area contributed by atoms with E-state index < -0.39 is 5.76 Å². The van der Waals surface area contributed by atoms with Crippen LogP contribution >= 0.6 is 11.3 Å². The molecule has 20 heavy (non-hydrogen) atoms. The molecule has 1 aliphatic rings. The van der Waals surface area contributed by atoms with Crippen molar-refractivity contribution in [1.29, 1.82) is 0 Å². The number of thiophene rings is 1. The van der Waals surface area contributed by atoms with Crippen LogP contribution in [0.4, 0.5) is 0 Å². The van der Waals surface area contributed by atoms with Gasteiger partial charge in [-0.1, -0.05) is 0 Å². The van der Waals surface area contributed by atoms with E-state index in [1.54, 1.807) is 25.4 Å². The highest BCUT2D eigenvalue weighted by Gasteiger charge is 2.20. The SMILES string of the molecule is CN(C)C(=O)Cn1nc(-c2cc3c(s2)CCC3)oc1=O. The molecular weight excluding hydrogens is 278 g/mol. The third-order valence-electron chi connectivity index (χ3n) is 3.35. The average molecular weight is 293 g/mol. The summed E-state index contributed by atoms with van der Waals surface area (Å²) in [7, 11) is 3.27. The van der Waals surface area contributed by atoms with E-state index in [-0.39, 0.29) is 12.5 Å². The van der Waals surface area contributed by atoms with Gasteiger partial charge in [-0.2, -0.15) is 4.68 Å². The summed E-state index contributed by atoms with van der Waals surface area (Å²) >= 11 is 1.62. The Kier molecular flexibility index (Phi) is 3.21. The number of carbonyl (C=O) groups excluding carboxylic acids is 1. The quantitative estimate of drug-likeness (QED) is 0.851. The third kappa shape index (κ3) is 2.29. The second-order valence-corrected chi connectivity index (χ2v) is 6.17. The molecule has 0 N–H and O–H groups in total. The van der Waals surface area contributed by atoms with E-state index in [1.165, 1.54) is 21.8 Å². The first-order valence-corrected chi connectivity index (χ1v) is 7.26. The van der Waals surface area contributed by atoms with Gasteiger partial charge in [-0.25, -0.2) is 4.79 Å². The van der Waals surface area contributed by atoms with Crippen LogP contribution in [0.15, 0.2) is 15.3 Å². The van der Waals surface area contributed by atoms with Crippen molar-refractivity contribution < 1.29 is 9.21 Å². The molecule has 6 nitrogen and oxygen atoms in total. The molecule has 106 valence electrons. The molecule has 0 aliphatic heterocycles. The van der Waals surface area contributed by atoms with Gasteiger partial charge in [0.1, 0.15) is 6.54 Å². The van der Waals surface area contributed by atoms with Gasteiger partial charge in [0.05, 0.1) is 4.88 Å². The molecule has 0 radical (unpaired) electrons. The number of hydrogen-bond acceptors (Lipinski definition) is 5. The van der Waals surface area contributed by atoms with Crippen LogP contribution in [0.1, 0.15) is 16.9 Å². The van der Waals surface area contributed by atoms with Gasteiger partial charge in [-0.15, -0.1) is 16.4 Å². The van der Waals surface area contributed by atoms with Crippen LogP contribution in [0.5, 0.6) is 0 Å². The molecule has 0 fully saturated rings. The van der Waals surface area contributed by atoms with Gasteiger partial charge >= 0.3 is 5.76 Å². The molecule has 0 aromatic carbocycles. The number of carbonyl (C=O) groups is 1. The van der Waals surface area contributed by atoms with Crippen molar-refractivity contribution in [2.75, 3.05) is 14.1 Å². The molecule has 2 heterocycles. The van der Waals surface area contributed by atoms with Gasteiger partial charge in [0.15, 0.2) is 0 Å². The van der Waals surface area contributed by atoms with Crippen LogP contribution in [0.25, 0.3) is 10.8 Å². The number of fused-ring (bicyclic) bond motifs is 1. The fraction of sp³-hybridized carbons (Fsp3) is 0.462. The van der Waals surface area contributed by atoms with Gasteiger partial charge in [0.25, 0.3) is 5.89 Å². The first-order valence-electron chi connectivity index (χ1n) is 6.44. The minimum atomic E-state index is -0.594. The fourth-order valence-electron chi connectivity index (χ4n) is 2.21. The Morgan fingerprint density at radius 3 is 3.00 bits per heavy atom. The number of aryl methyl sites for hydroxylation is 2. The second-order valence-electron chi connectivity index (χ2n) is 5.03. The molecular formula is C13H15N3O3S. The summed E-state index contributed by atoms with van der Waals surface area (Å²) in [4.78, 5) is 27.0. The van der Waals surface area contributed by atoms with Crippen LogP contribution < -0.4 is 5.76 Å². The van der Waals surface area contributed by atoms with Crippen molar-refractivity contribution in [3.8, 4) is 10.8 Å². The highest BCUT2D eigenvalue weighted by Crippen LogP contribution is 2.35. The van der Waals surface area contributed by atoms with Crippen molar-refractivity contribution in [1.82, 2.24) is 14.7 Å². The Labute approximate surface area is 119 Å². The molecule has 2 aromatic heterocycles. The molecule has 0 spiro atoms. The zero-order valence-electron chi connectivity index (χ0n) is 11.4. The summed E-state index contributed by atoms with van der Waals surface area (Å²) in [5.41, 5.74) is 1.33. The van der Waals surface area contributed by atoms with E-state index in [9.17, 15) is 9.59 Å². The van der Waals surface area contributed by atoms with E-state index >= 15 is 0 Å². The Bertz CT molecular complexity index is 689. The van der Waals surface area contributed by atoms with Gasteiger partial charge in [0.2, 0.25) is 5.91 Å². The average Bonchev–Trinajstić information content (AvgIpc) is 3.03. The van der Waals surface area contributed by atoms with Gasteiger partial charge in [-0.3, -0.25) is 4.79 Å². The number of aromatic nitrogens is 2. The minimum absolute atomic E-state index is 0.0968. The standard InChI is InChI=1S/C13H15N3O3S/c1-15(2)11(17)7-16-13(18)19-12(14-16)10-6-8-4-3-5-9(8)20-10/h6H,3-5,7H2,1-2H3. The molecule has 2 aromatic rings. The zero-order valence-corrected chi connectivity index (χ0v) is 12.2. The van der Waals surface area contributed by atoms with E-state index in [0.717, 1.165) is 22.4 Å². The second kappa shape index (κ2) is 4.90. The number of amides is 1. The van der Waals surface area contributed by atoms with Gasteiger partial charge < -0.3 is 9.32 Å². The molecule has 1 aliphatic carbocycles. The van der Waals surface area contributed by atoms with Crippen LogP contribution in [-0.4, -0.2) is 34.7 Å². The largest absolute Gasteiger partial charge is 0.437 e. The summed E-state index contributed by atoms with van der Waals surface area (Å²) in [5, 5.41) is 4.12. The third-order valence-corrected chi connectivity index (χ3v) is 4.57. The molecule has 0 unspecified atom stereocenters. The van der Waals surface area contributed by atoms with E-state index in [1.807, 2.05) is 6.07 Å². The van der Waals surface area contributed by atoms with Crippen molar-refractivity contribution in [3.05, 3.63) is 27.1 Å². The Balaban J connectivity index is 1.88. The van der Waals surface area contributed by atoms with E-state index in [0.29, 0.717) is 5.89 Å². The number of hydrogen-bond donors (Lipinski definition) is 0. The molecule has 0 bridgehead atoms. The predicted molar refractivity (Wildman–Crippen MR) is 74.8 cm³/mol. The zero-order chi connectivity index (χ0) is 14.3. The minimum Gasteiger partial charge on any atom is -0.387 e. The fourth-order valence-corrected chi connectivity index (χ4v) is 3.38. The number of nitrogens with zero attached hydrogens (tertiary/aromatic N) is 3. The van der Waals surface area contributed by atoms with Crippen molar-refractivity contribution in [3.63, 3.8) is 0 Å². The number of rotatable bonds is 3. The molecule has 1 amide bonds. The lowest BCUT2D eigenvalue weighted by Gasteiger charge is -2.08. The Hall–Kier alpha value is -1.89. The lowest BCUT2D eigenvalue weighted by Crippen LogP contribution is -2.30. The molecule has 0 saturated heterocycles. The van der Waals surface area contributed by atoms with E-state index in [2.05, 4.69) is 5.10 Å². The molecule has 0 saturated carbocycles. The summed E-state index contributed by atoms with van der Waals surface area (Å²) in [6, 6.07) is 2.04. The van der Waals surface area contributed by atoms with E-state index in [4.69, 9.17) is 4.42 Å². The van der Waals surface area contributed by atoms with Crippen LogP contribution in [0, 0.1) is 0 Å². The first-order chi connectivity index (χ1) is 9.54. The molecule has 7 heteroatoms.